The summed E-state index contributed by atoms with van der Waals surface area (Å²) >= 11 is 10.4. The van der Waals surface area contributed by atoms with Crippen LogP contribution in [0.2, 0.25) is 5.15 Å². The van der Waals surface area contributed by atoms with E-state index in [0.717, 1.165) is 4.68 Å². The van der Waals surface area contributed by atoms with Crippen LogP contribution in [-0.4, -0.2) is 15.2 Å². The number of aryl methyl sites for hydroxylation is 1. The van der Waals surface area contributed by atoms with Gasteiger partial charge in [-0.15, -0.1) is 0 Å². The molecule has 0 amide bonds. The van der Waals surface area contributed by atoms with Crippen molar-refractivity contribution in [3.8, 4) is 5.75 Å². The molecule has 0 bridgehead atoms. The summed E-state index contributed by atoms with van der Waals surface area (Å²) in [5.41, 5.74) is -1.96. The lowest BCUT2D eigenvalue weighted by Gasteiger charge is -1.99. The van der Waals surface area contributed by atoms with E-state index in [4.69, 9.17) is 23.2 Å². The molecule has 14 heavy (non-hydrogen) atoms. The van der Waals surface area contributed by atoms with Gasteiger partial charge in [-0.1, -0.05) is 11.6 Å². The topological polar surface area (TPSA) is 44.1 Å². The van der Waals surface area contributed by atoms with Crippen molar-refractivity contribution in [3.63, 3.8) is 0 Å². The Morgan fingerprint density at radius 1 is 1.64 bits per heavy atom. The summed E-state index contributed by atoms with van der Waals surface area (Å²) < 4.78 is 29.9. The lowest BCUT2D eigenvalue weighted by atomic mass is 10.4. The largest absolute Gasteiger partial charge is 0.409 e. The normalized spacial score (nSPS) is 10.7. The zero-order chi connectivity index (χ0) is 10.9. The standard InChI is InChI=1S/C6H4Cl2F2N2O2/c1-12-4(7)3(14-6(8)13)2(11-12)5(9)10/h5H,1H3. The Balaban J connectivity index is 3.16. The fourth-order valence-electron chi connectivity index (χ4n) is 0.821. The molecule has 0 aromatic carbocycles. The van der Waals surface area contributed by atoms with E-state index in [-0.39, 0.29) is 5.15 Å². The van der Waals surface area contributed by atoms with Gasteiger partial charge >= 0.3 is 5.43 Å². The minimum absolute atomic E-state index is 0.214. The maximum absolute atomic E-state index is 12.3. The fraction of sp³-hybridized carbons (Fsp3) is 0.333. The molecule has 0 saturated carbocycles. The second-order valence-electron chi connectivity index (χ2n) is 2.27. The predicted octanol–water partition coefficient (Wildman–Crippen LogP) is 2.75. The molecule has 0 atom stereocenters. The summed E-state index contributed by atoms with van der Waals surface area (Å²) in [4.78, 5) is 10.4. The molecule has 0 N–H and O–H groups in total. The number of carbonyl (C=O) groups excluding carboxylic acids is 1. The van der Waals surface area contributed by atoms with Gasteiger partial charge in [0, 0.05) is 18.6 Å². The second kappa shape index (κ2) is 4.10. The molecule has 0 unspecified atom stereocenters. The first-order chi connectivity index (χ1) is 6.43. The molecular formula is C6H4Cl2F2N2O2. The Labute approximate surface area is 87.3 Å². The Kier molecular flexibility index (Phi) is 3.28. The van der Waals surface area contributed by atoms with Gasteiger partial charge in [-0.25, -0.2) is 13.6 Å². The van der Waals surface area contributed by atoms with Crippen LogP contribution in [0.15, 0.2) is 0 Å². The van der Waals surface area contributed by atoms with Gasteiger partial charge in [0.25, 0.3) is 6.43 Å². The molecule has 0 radical (unpaired) electrons. The van der Waals surface area contributed by atoms with E-state index in [1.807, 2.05) is 0 Å². The average molecular weight is 245 g/mol. The molecule has 8 heteroatoms. The number of nitrogens with zero attached hydrogens (tertiary/aromatic N) is 2. The Hall–Kier alpha value is -0.880. The van der Waals surface area contributed by atoms with Gasteiger partial charge in [-0.3, -0.25) is 4.68 Å². The van der Waals surface area contributed by atoms with Crippen molar-refractivity contribution in [2.24, 2.45) is 7.05 Å². The smallest absolute Gasteiger partial charge is 0.409 e. The van der Waals surface area contributed by atoms with Crippen LogP contribution in [0.5, 0.6) is 5.75 Å². The van der Waals surface area contributed by atoms with E-state index in [1.165, 1.54) is 7.05 Å². The maximum Gasteiger partial charge on any atom is 0.409 e. The molecule has 1 aromatic rings. The summed E-state index contributed by atoms with van der Waals surface area (Å²) in [6, 6.07) is 0. The molecule has 1 rings (SSSR count). The highest BCUT2D eigenvalue weighted by atomic mass is 35.5. The highest BCUT2D eigenvalue weighted by Crippen LogP contribution is 2.34. The van der Waals surface area contributed by atoms with Crippen molar-refractivity contribution >= 4 is 28.6 Å². The van der Waals surface area contributed by atoms with Crippen LogP contribution in [0.3, 0.4) is 0 Å². The third-order valence-corrected chi connectivity index (χ3v) is 1.84. The summed E-state index contributed by atoms with van der Waals surface area (Å²) in [6.07, 6.45) is -2.89. The monoisotopic (exact) mass is 244 g/mol. The number of aromatic nitrogens is 2. The van der Waals surface area contributed by atoms with Gasteiger partial charge in [-0.2, -0.15) is 5.10 Å². The van der Waals surface area contributed by atoms with Crippen molar-refractivity contribution in [2.75, 3.05) is 0 Å². The Morgan fingerprint density at radius 3 is 2.64 bits per heavy atom. The van der Waals surface area contributed by atoms with E-state index >= 15 is 0 Å². The Bertz CT molecular complexity index is 367. The zero-order valence-electron chi connectivity index (χ0n) is 6.80. The van der Waals surface area contributed by atoms with Crippen molar-refractivity contribution in [2.45, 2.75) is 6.43 Å². The minimum atomic E-state index is -2.89. The summed E-state index contributed by atoms with van der Waals surface area (Å²) in [5, 5.41) is 3.15. The van der Waals surface area contributed by atoms with Crippen LogP contribution < -0.4 is 4.74 Å². The zero-order valence-corrected chi connectivity index (χ0v) is 8.31. The summed E-state index contributed by atoms with van der Waals surface area (Å²) in [7, 11) is 1.33. The van der Waals surface area contributed by atoms with E-state index in [2.05, 4.69) is 9.84 Å². The second-order valence-corrected chi connectivity index (χ2v) is 2.94. The number of hydrogen-bond acceptors (Lipinski definition) is 3. The van der Waals surface area contributed by atoms with Gasteiger partial charge in [-0.05, 0) is 0 Å². The summed E-state index contributed by atoms with van der Waals surface area (Å²) in [5.74, 6) is -0.510. The highest BCUT2D eigenvalue weighted by Gasteiger charge is 2.25. The lowest BCUT2D eigenvalue weighted by Crippen LogP contribution is -1.99. The maximum atomic E-state index is 12.3. The molecular weight excluding hydrogens is 241 g/mol. The predicted molar refractivity (Wildman–Crippen MR) is 45.1 cm³/mol. The molecule has 1 aromatic heterocycles. The quantitative estimate of drug-likeness (QED) is 0.752. The molecule has 0 saturated heterocycles. The fourth-order valence-corrected chi connectivity index (χ4v) is 1.07. The number of alkyl halides is 2. The van der Waals surface area contributed by atoms with Crippen LogP contribution in [0.25, 0.3) is 0 Å². The molecule has 0 fully saturated rings. The van der Waals surface area contributed by atoms with E-state index in [9.17, 15) is 13.6 Å². The van der Waals surface area contributed by atoms with Gasteiger partial charge in [0.2, 0.25) is 0 Å². The molecule has 0 aliphatic heterocycles. The van der Waals surface area contributed by atoms with Crippen LogP contribution in [0.1, 0.15) is 12.1 Å². The average Bonchev–Trinajstić information content (AvgIpc) is 2.32. The molecule has 1 heterocycles. The third kappa shape index (κ3) is 2.13. The van der Waals surface area contributed by atoms with Gasteiger partial charge in [0.1, 0.15) is 0 Å². The number of carbonyl (C=O) groups is 1. The number of rotatable bonds is 2. The van der Waals surface area contributed by atoms with Crippen LogP contribution in [0.4, 0.5) is 13.6 Å². The van der Waals surface area contributed by atoms with Crippen LogP contribution in [0, 0.1) is 0 Å². The molecule has 0 spiro atoms. The number of ether oxygens (including phenoxy) is 1. The van der Waals surface area contributed by atoms with Crippen molar-refractivity contribution in [3.05, 3.63) is 10.8 Å². The van der Waals surface area contributed by atoms with E-state index in [1.54, 1.807) is 0 Å². The molecule has 4 nitrogen and oxygen atoms in total. The van der Waals surface area contributed by atoms with Crippen molar-refractivity contribution in [1.82, 2.24) is 9.78 Å². The SMILES string of the molecule is Cn1nc(C(F)F)c(OC(=O)Cl)c1Cl. The first kappa shape index (κ1) is 11.2. The number of hydrogen-bond donors (Lipinski definition) is 0. The van der Waals surface area contributed by atoms with E-state index in [0.29, 0.717) is 0 Å². The highest BCUT2D eigenvalue weighted by molar-refractivity contribution is 6.61. The van der Waals surface area contributed by atoms with Gasteiger partial charge in [0.15, 0.2) is 16.6 Å². The van der Waals surface area contributed by atoms with Gasteiger partial charge in [0.05, 0.1) is 0 Å². The third-order valence-electron chi connectivity index (χ3n) is 1.35. The van der Waals surface area contributed by atoms with Crippen LogP contribution in [-0.2, 0) is 7.05 Å². The summed E-state index contributed by atoms with van der Waals surface area (Å²) in [6.45, 7) is 0. The molecule has 78 valence electrons. The molecule has 0 aliphatic rings. The lowest BCUT2D eigenvalue weighted by molar-refractivity contribution is 0.141. The minimum Gasteiger partial charge on any atom is -0.409 e. The van der Waals surface area contributed by atoms with Crippen molar-refractivity contribution < 1.29 is 18.3 Å². The number of halogens is 4. The molecule has 0 aliphatic carbocycles. The first-order valence-corrected chi connectivity index (χ1v) is 4.07. The van der Waals surface area contributed by atoms with Crippen LogP contribution >= 0.6 is 23.2 Å². The van der Waals surface area contributed by atoms with Gasteiger partial charge < -0.3 is 4.74 Å². The van der Waals surface area contributed by atoms with E-state index < -0.39 is 23.3 Å². The Morgan fingerprint density at radius 2 is 2.21 bits per heavy atom. The first-order valence-electron chi connectivity index (χ1n) is 3.31. The van der Waals surface area contributed by atoms with Crippen molar-refractivity contribution in [1.29, 1.82) is 0 Å².